The molecule has 0 radical (unpaired) electrons. The van der Waals surface area contributed by atoms with E-state index in [1.807, 2.05) is 0 Å². The Morgan fingerprint density at radius 3 is 1.69 bits per heavy atom. The number of rotatable bonds is 12. The molecule has 13 heteroatoms. The predicted molar refractivity (Wildman–Crippen MR) is 97.5 cm³/mol. The van der Waals surface area contributed by atoms with Crippen molar-refractivity contribution in [2.24, 2.45) is 5.73 Å². The molecule has 152 valence electrons. The molecule has 0 aromatic rings. The summed E-state index contributed by atoms with van der Waals surface area (Å²) in [6.07, 6.45) is 3.97. The summed E-state index contributed by atoms with van der Waals surface area (Å²) in [5.74, 6) is 0. The van der Waals surface area contributed by atoms with Gasteiger partial charge in [0, 0.05) is 0 Å². The van der Waals surface area contributed by atoms with Crippen LogP contribution in [0.5, 0.6) is 0 Å². The number of hydrogen-bond donors (Lipinski definition) is 3. The molecule has 0 saturated heterocycles. The van der Waals surface area contributed by atoms with Gasteiger partial charge in [-0.1, -0.05) is 18.2 Å². The van der Waals surface area contributed by atoms with Crippen LogP contribution in [0.15, 0.2) is 38.0 Å². The minimum Gasteiger partial charge on any atom is -0.457 e. The van der Waals surface area contributed by atoms with Gasteiger partial charge in [-0.15, -0.1) is 19.7 Å². The molecule has 0 spiro atoms. The highest BCUT2D eigenvalue weighted by molar-refractivity contribution is 7.71. The highest BCUT2D eigenvalue weighted by Crippen LogP contribution is 2.50. The molecule has 0 aliphatic heterocycles. The summed E-state index contributed by atoms with van der Waals surface area (Å²) in [6.45, 7) is 11.4. The van der Waals surface area contributed by atoms with Gasteiger partial charge >= 0.3 is 26.6 Å². The number of nitrogens with two attached hydrogens (primary N) is 1. The maximum atomic E-state index is 11.8. The van der Waals surface area contributed by atoms with Crippen LogP contribution in [0, 0.1) is 0 Å². The van der Waals surface area contributed by atoms with Crippen LogP contribution in [0.25, 0.3) is 0 Å². The van der Waals surface area contributed by atoms with E-state index in [-0.39, 0.29) is 32.6 Å². The second-order valence-electron chi connectivity index (χ2n) is 3.81. The van der Waals surface area contributed by atoms with Gasteiger partial charge in [0.15, 0.2) is 0 Å². The molecular weight excluding hydrogens is 390 g/mol. The molecule has 1 amide bonds. The average molecular weight is 416 g/mol. The number of ether oxygens (including phenoxy) is 1. The van der Waals surface area contributed by atoms with E-state index in [2.05, 4.69) is 34.7 Å². The molecule has 0 aromatic heterocycles. The highest BCUT2D eigenvalue weighted by atomic mass is 31.2. The van der Waals surface area contributed by atoms with Crippen molar-refractivity contribution in [2.45, 2.75) is 6.92 Å². The fourth-order valence-electron chi connectivity index (χ4n) is 0.864. The summed E-state index contributed by atoms with van der Waals surface area (Å²) < 4.78 is 40.6. The minimum absolute atomic E-state index is 0. The van der Waals surface area contributed by atoms with E-state index in [1.165, 1.54) is 18.2 Å². The largest absolute Gasteiger partial charge is 0.457 e. The summed E-state index contributed by atoms with van der Waals surface area (Å²) in [5, 5.41) is 0. The first-order valence-corrected chi connectivity index (χ1v) is 9.89. The van der Waals surface area contributed by atoms with E-state index in [0.29, 0.717) is 0 Å². The lowest BCUT2D eigenvalue weighted by molar-refractivity contribution is 0.156. The third-order valence-electron chi connectivity index (χ3n) is 1.86. The molecule has 0 aliphatic carbocycles. The van der Waals surface area contributed by atoms with E-state index in [0.717, 1.165) is 0 Å². The zero-order valence-corrected chi connectivity index (χ0v) is 16.4. The van der Waals surface area contributed by atoms with E-state index in [9.17, 15) is 18.7 Å². The second kappa shape index (κ2) is 15.7. The van der Waals surface area contributed by atoms with Gasteiger partial charge in [0.1, 0.15) is 0 Å². The molecule has 0 rings (SSSR count). The number of amides is 1. The quantitative estimate of drug-likeness (QED) is 0.314. The monoisotopic (exact) mass is 416 g/mol. The van der Waals surface area contributed by atoms with Crippen LogP contribution in [0.3, 0.4) is 0 Å². The van der Waals surface area contributed by atoms with Crippen LogP contribution in [0.4, 0.5) is 9.59 Å². The first-order chi connectivity index (χ1) is 11.6. The van der Waals surface area contributed by atoms with Gasteiger partial charge < -0.3 is 21.5 Å². The number of primary amides is 1. The van der Waals surface area contributed by atoms with Crippen molar-refractivity contribution in [3.05, 3.63) is 38.0 Å². The first kappa shape index (κ1) is 29.2. The molecule has 0 aliphatic rings. The van der Waals surface area contributed by atoms with Crippen molar-refractivity contribution in [1.29, 1.82) is 0 Å². The van der Waals surface area contributed by atoms with Crippen LogP contribution in [0.1, 0.15) is 6.92 Å². The second-order valence-corrected chi connectivity index (χ2v) is 7.42. The predicted octanol–water partition coefficient (Wildman–Crippen LogP) is 3.36. The Kier molecular flexibility index (Phi) is 17.6. The molecule has 0 fully saturated rings. The lowest BCUT2D eigenvalue weighted by atomic mass is 10.7. The molecular formula is C13H26N2O9P2. The first-order valence-electron chi connectivity index (χ1n) is 6.77. The summed E-state index contributed by atoms with van der Waals surface area (Å²) in [5.41, 5.74) is 2.16. The summed E-state index contributed by atoms with van der Waals surface area (Å²) >= 11 is 0. The maximum Gasteiger partial charge on any atom is 0.438 e. The van der Waals surface area contributed by atoms with Gasteiger partial charge in [-0.2, -0.15) is 0 Å². The standard InChI is InChI=1S/C9H15O5P.C4H8NO4P.H3N/c1-4-7-13-15(11,14-8-5-2)9(10)12-6-3;1-2-3-9-10(7,8)4(5)6;/h4-5H,1-2,6-8H2,3H3;2H,1,3H2,(H2,5,6)(H,7,8);1H3. The average Bonchev–Trinajstić information content (AvgIpc) is 2.57. The molecule has 0 aromatic carbocycles. The summed E-state index contributed by atoms with van der Waals surface area (Å²) in [4.78, 5) is 29.9. The molecule has 6 N–H and O–H groups in total. The number of carbonyl (C=O) groups excluding carboxylic acids is 2. The zero-order chi connectivity index (χ0) is 19.9. The summed E-state index contributed by atoms with van der Waals surface area (Å²) in [6, 6.07) is 0. The third-order valence-corrected chi connectivity index (χ3v) is 4.47. The fourth-order valence-corrected chi connectivity index (χ4v) is 2.47. The lowest BCUT2D eigenvalue weighted by Crippen LogP contribution is -2.10. The topological polar surface area (TPSA) is 186 Å². The van der Waals surface area contributed by atoms with Gasteiger partial charge in [0.05, 0.1) is 26.4 Å². The fraction of sp³-hybridized carbons (Fsp3) is 0.385. The molecule has 0 saturated carbocycles. The molecule has 0 bridgehead atoms. The van der Waals surface area contributed by atoms with Crippen molar-refractivity contribution < 1.29 is 41.9 Å². The van der Waals surface area contributed by atoms with Crippen molar-refractivity contribution in [2.75, 3.05) is 26.4 Å². The van der Waals surface area contributed by atoms with Crippen LogP contribution in [0.2, 0.25) is 0 Å². The molecule has 1 atom stereocenters. The van der Waals surface area contributed by atoms with Crippen LogP contribution >= 0.6 is 15.2 Å². The zero-order valence-electron chi connectivity index (χ0n) is 14.6. The Morgan fingerprint density at radius 1 is 1.00 bits per heavy atom. The van der Waals surface area contributed by atoms with E-state index >= 15 is 0 Å². The van der Waals surface area contributed by atoms with Crippen LogP contribution < -0.4 is 11.9 Å². The van der Waals surface area contributed by atoms with E-state index in [4.69, 9.17) is 13.9 Å². The highest BCUT2D eigenvalue weighted by Gasteiger charge is 2.36. The Labute approximate surface area is 152 Å². The normalized spacial score (nSPS) is 12.2. The molecule has 1 unspecified atom stereocenters. The van der Waals surface area contributed by atoms with Crippen molar-refractivity contribution in [3.8, 4) is 0 Å². The minimum atomic E-state index is -4.21. The van der Waals surface area contributed by atoms with Gasteiger partial charge in [-0.05, 0) is 6.92 Å². The number of carbonyl (C=O) groups is 2. The Hall–Kier alpha value is -1.58. The summed E-state index contributed by atoms with van der Waals surface area (Å²) in [7, 11) is -8.08. The molecule has 26 heavy (non-hydrogen) atoms. The number of hydrogen-bond acceptors (Lipinski definition) is 9. The van der Waals surface area contributed by atoms with Gasteiger partial charge in [-0.3, -0.25) is 18.4 Å². The van der Waals surface area contributed by atoms with Crippen molar-refractivity contribution in [1.82, 2.24) is 6.15 Å². The Morgan fingerprint density at radius 2 is 1.38 bits per heavy atom. The molecule has 11 nitrogen and oxygen atoms in total. The smallest absolute Gasteiger partial charge is 0.438 e. The van der Waals surface area contributed by atoms with Crippen molar-refractivity contribution in [3.63, 3.8) is 0 Å². The van der Waals surface area contributed by atoms with Crippen molar-refractivity contribution >= 4 is 26.6 Å². The Bertz CT molecular complexity index is 550. The van der Waals surface area contributed by atoms with Gasteiger partial charge in [0.2, 0.25) is 0 Å². The third kappa shape index (κ3) is 12.7. The lowest BCUT2D eigenvalue weighted by Gasteiger charge is -2.14. The SMILES string of the molecule is C=CCOP(=O)(O)C(N)=O.C=CCOP(=O)(OCC=C)C(=O)OCC.N. The van der Waals surface area contributed by atoms with E-state index < -0.39 is 26.6 Å². The van der Waals surface area contributed by atoms with E-state index in [1.54, 1.807) is 6.92 Å². The van der Waals surface area contributed by atoms with Gasteiger partial charge in [-0.25, -0.2) is 13.9 Å². The van der Waals surface area contributed by atoms with Gasteiger partial charge in [0.25, 0.3) is 0 Å². The maximum absolute atomic E-state index is 11.8. The van der Waals surface area contributed by atoms with Crippen LogP contribution in [-0.4, -0.2) is 42.7 Å². The Balaban J connectivity index is -0.000000422. The molecule has 0 heterocycles. The van der Waals surface area contributed by atoms with Crippen LogP contribution in [-0.2, 0) is 27.4 Å².